The Hall–Kier alpha value is -4.08. The van der Waals surface area contributed by atoms with Crippen molar-refractivity contribution < 1.29 is 22.9 Å². The smallest absolute Gasteiger partial charge is 0.294 e. The number of phenolic OH excluding ortho intramolecular Hbond substituents is 1. The second-order valence-electron chi connectivity index (χ2n) is 6.78. The Labute approximate surface area is 184 Å². The number of nitrogens with one attached hydrogen (secondary N) is 1. The van der Waals surface area contributed by atoms with Gasteiger partial charge < -0.3 is 21.9 Å². The predicted molar refractivity (Wildman–Crippen MR) is 125 cm³/mol. The van der Waals surface area contributed by atoms with Gasteiger partial charge in [-0.15, -0.1) is 0 Å². The second kappa shape index (κ2) is 9.38. The Bertz CT molecular complexity index is 1360. The van der Waals surface area contributed by atoms with E-state index in [2.05, 4.69) is 5.32 Å². The Kier molecular flexibility index (Phi) is 6.62. The van der Waals surface area contributed by atoms with E-state index in [1.807, 2.05) is 30.3 Å². The molecule has 0 atom stereocenters. The van der Waals surface area contributed by atoms with Crippen LogP contribution >= 0.6 is 0 Å². The molecule has 0 aliphatic heterocycles. The van der Waals surface area contributed by atoms with Gasteiger partial charge in [-0.2, -0.15) is 8.42 Å². The monoisotopic (exact) mass is 451 g/mol. The van der Waals surface area contributed by atoms with Crippen molar-refractivity contribution >= 4 is 43.9 Å². The van der Waals surface area contributed by atoms with E-state index >= 15 is 0 Å². The molecular weight excluding hydrogens is 430 g/mol. The third kappa shape index (κ3) is 5.34. The highest BCUT2D eigenvalue weighted by Crippen LogP contribution is 2.35. The number of para-hydroxylation sites is 2. The number of phenols is 1. The molecule has 4 rings (SSSR count). The van der Waals surface area contributed by atoms with Crippen LogP contribution in [-0.2, 0) is 10.1 Å². The summed E-state index contributed by atoms with van der Waals surface area (Å²) in [4.78, 5) is 12.1. The fraction of sp³-hybridized carbons (Fsp3) is 0. The first-order valence-corrected chi connectivity index (χ1v) is 10.8. The maximum Gasteiger partial charge on any atom is 0.294 e. The van der Waals surface area contributed by atoms with Crippen LogP contribution in [0.5, 0.6) is 5.75 Å². The molecule has 0 unspecified atom stereocenters. The first-order chi connectivity index (χ1) is 15.2. The molecule has 7 N–H and O–H groups in total. The Balaban J connectivity index is 0.000000352. The molecule has 1 amide bonds. The minimum atomic E-state index is -4.40. The second-order valence-corrected chi connectivity index (χ2v) is 8.20. The molecule has 0 aliphatic rings. The lowest BCUT2D eigenvalue weighted by Gasteiger charge is -2.12. The van der Waals surface area contributed by atoms with Gasteiger partial charge in [0.05, 0.1) is 16.1 Å². The van der Waals surface area contributed by atoms with Crippen LogP contribution in [0.1, 0.15) is 10.4 Å². The molecule has 4 aromatic carbocycles. The fourth-order valence-electron chi connectivity index (χ4n) is 2.91. The van der Waals surface area contributed by atoms with Gasteiger partial charge in [-0.3, -0.25) is 9.35 Å². The normalized spacial score (nSPS) is 10.8. The summed E-state index contributed by atoms with van der Waals surface area (Å²) >= 11 is 0. The molecule has 0 radical (unpaired) electrons. The van der Waals surface area contributed by atoms with Crippen LogP contribution in [0, 0.1) is 0 Å². The number of fused-ring (bicyclic) bond motifs is 1. The molecule has 4 aromatic rings. The van der Waals surface area contributed by atoms with Crippen molar-refractivity contribution in [1.29, 1.82) is 0 Å². The van der Waals surface area contributed by atoms with Gasteiger partial charge in [-0.1, -0.05) is 42.5 Å². The summed E-state index contributed by atoms with van der Waals surface area (Å²) in [6, 6.07) is 23.1. The van der Waals surface area contributed by atoms with E-state index in [-0.39, 0.29) is 16.1 Å². The number of carbonyl (C=O) groups excluding carboxylic acids is 1. The van der Waals surface area contributed by atoms with Crippen molar-refractivity contribution in [3.8, 4) is 5.75 Å². The van der Waals surface area contributed by atoms with Gasteiger partial charge in [-0.05, 0) is 47.9 Å². The molecule has 8 nitrogen and oxygen atoms in total. The lowest BCUT2D eigenvalue weighted by Crippen LogP contribution is -2.13. The lowest BCUT2D eigenvalue weighted by atomic mass is 10.0. The van der Waals surface area contributed by atoms with E-state index in [1.54, 1.807) is 30.3 Å². The van der Waals surface area contributed by atoms with Crippen LogP contribution in [0.25, 0.3) is 10.8 Å². The summed E-state index contributed by atoms with van der Waals surface area (Å²) in [5, 5.41) is 13.5. The van der Waals surface area contributed by atoms with Crippen molar-refractivity contribution in [3.63, 3.8) is 0 Å². The van der Waals surface area contributed by atoms with Crippen molar-refractivity contribution in [2.45, 2.75) is 4.90 Å². The quantitative estimate of drug-likeness (QED) is 0.180. The average molecular weight is 452 g/mol. The predicted octanol–water partition coefficient (Wildman–Crippen LogP) is 3.90. The minimum absolute atomic E-state index is 0.0578. The summed E-state index contributed by atoms with van der Waals surface area (Å²) in [7, 11) is -4.40. The number of benzene rings is 4. The van der Waals surface area contributed by atoms with Crippen LogP contribution in [0.15, 0.2) is 89.8 Å². The summed E-state index contributed by atoms with van der Waals surface area (Å²) < 4.78 is 31.7. The summed E-state index contributed by atoms with van der Waals surface area (Å²) in [6.45, 7) is 0. The number of nitrogens with two attached hydrogens (primary N) is 2. The fourth-order valence-corrected chi connectivity index (χ4v) is 3.42. The molecule has 0 fully saturated rings. The highest BCUT2D eigenvalue weighted by Gasteiger charge is 2.18. The lowest BCUT2D eigenvalue weighted by molar-refractivity contribution is 0.102. The summed E-state index contributed by atoms with van der Waals surface area (Å²) in [5.74, 6) is -1.00. The van der Waals surface area contributed by atoms with Gasteiger partial charge in [0.1, 0.15) is 0 Å². The van der Waals surface area contributed by atoms with Crippen LogP contribution in [0.2, 0.25) is 0 Å². The summed E-state index contributed by atoms with van der Waals surface area (Å²) in [5.41, 5.74) is 12.4. The Morgan fingerprint density at radius 2 is 1.44 bits per heavy atom. The van der Waals surface area contributed by atoms with Gasteiger partial charge in [0.15, 0.2) is 5.75 Å². The Morgan fingerprint density at radius 1 is 0.844 bits per heavy atom. The maximum atomic E-state index is 12.4. The van der Waals surface area contributed by atoms with Crippen molar-refractivity contribution in [2.24, 2.45) is 0 Å². The standard InChI is InChI=1S/C17H14N2O5S.C6H7N/c18-15-13-7-6-12(25(22,23)24)8-10(13)9-14(16(15)20)17(21)19-11-4-2-1-3-5-11;7-6-4-2-1-3-5-6/h1-9,20H,18H2,(H,19,21)(H,22,23,24);1-5H,7H2. The first-order valence-electron chi connectivity index (χ1n) is 9.36. The van der Waals surface area contributed by atoms with Crippen molar-refractivity contribution in [2.75, 3.05) is 16.8 Å². The molecule has 0 spiro atoms. The highest BCUT2D eigenvalue weighted by atomic mass is 32.2. The zero-order valence-corrected chi connectivity index (χ0v) is 17.6. The van der Waals surface area contributed by atoms with Gasteiger partial charge in [0.2, 0.25) is 0 Å². The third-order valence-electron chi connectivity index (χ3n) is 4.50. The first kappa shape index (κ1) is 22.6. The molecule has 0 aromatic heterocycles. The summed E-state index contributed by atoms with van der Waals surface area (Å²) in [6.07, 6.45) is 0. The van der Waals surface area contributed by atoms with Crippen LogP contribution < -0.4 is 16.8 Å². The van der Waals surface area contributed by atoms with Gasteiger partial charge >= 0.3 is 0 Å². The van der Waals surface area contributed by atoms with E-state index in [9.17, 15) is 18.3 Å². The van der Waals surface area contributed by atoms with Crippen LogP contribution in [0.3, 0.4) is 0 Å². The van der Waals surface area contributed by atoms with E-state index < -0.39 is 21.8 Å². The molecule has 0 aliphatic carbocycles. The highest BCUT2D eigenvalue weighted by molar-refractivity contribution is 7.85. The number of hydrogen-bond donors (Lipinski definition) is 5. The SMILES string of the molecule is Nc1c(O)c(C(=O)Nc2ccccc2)cc2cc(S(=O)(=O)O)ccc12.Nc1ccccc1. The van der Waals surface area contributed by atoms with Gasteiger partial charge in [0, 0.05) is 16.8 Å². The van der Waals surface area contributed by atoms with Crippen LogP contribution in [-0.4, -0.2) is 24.0 Å². The van der Waals surface area contributed by atoms with Crippen LogP contribution in [0.4, 0.5) is 17.1 Å². The maximum absolute atomic E-state index is 12.4. The number of carbonyl (C=O) groups is 1. The van der Waals surface area contributed by atoms with E-state index in [0.717, 1.165) is 11.8 Å². The van der Waals surface area contributed by atoms with Crippen molar-refractivity contribution in [1.82, 2.24) is 0 Å². The largest absolute Gasteiger partial charge is 0.505 e. The van der Waals surface area contributed by atoms with Gasteiger partial charge in [-0.25, -0.2) is 0 Å². The number of anilines is 3. The zero-order chi connectivity index (χ0) is 23.3. The molecular formula is C23H21N3O5S. The van der Waals surface area contributed by atoms with Crippen molar-refractivity contribution in [3.05, 3.63) is 90.5 Å². The number of rotatable bonds is 3. The Morgan fingerprint density at radius 3 is 1.97 bits per heavy atom. The number of aromatic hydroxyl groups is 1. The molecule has 0 saturated heterocycles. The average Bonchev–Trinajstić information content (AvgIpc) is 2.77. The van der Waals surface area contributed by atoms with Gasteiger partial charge in [0.25, 0.3) is 16.0 Å². The molecule has 164 valence electrons. The topological polar surface area (TPSA) is 156 Å². The van der Waals surface area contributed by atoms with E-state index in [0.29, 0.717) is 16.5 Å². The molecule has 0 heterocycles. The number of amides is 1. The molecule has 32 heavy (non-hydrogen) atoms. The minimum Gasteiger partial charge on any atom is -0.505 e. The number of hydrogen-bond acceptors (Lipinski definition) is 6. The zero-order valence-electron chi connectivity index (χ0n) is 16.8. The van der Waals surface area contributed by atoms with E-state index in [1.165, 1.54) is 18.2 Å². The molecule has 0 bridgehead atoms. The van der Waals surface area contributed by atoms with E-state index in [4.69, 9.17) is 16.0 Å². The molecule has 9 heteroatoms. The number of nitrogen functional groups attached to an aromatic ring is 2. The molecule has 0 saturated carbocycles. The third-order valence-corrected chi connectivity index (χ3v) is 5.35.